The van der Waals surface area contributed by atoms with E-state index in [1.807, 2.05) is 13.0 Å². The molecule has 3 aromatic carbocycles. The molecule has 0 aromatic heterocycles. The Kier molecular flexibility index (Phi) is 11.7. The van der Waals surface area contributed by atoms with Crippen LogP contribution in [0.1, 0.15) is 58.9 Å². The van der Waals surface area contributed by atoms with Crippen LogP contribution in [0.5, 0.6) is 0 Å². The van der Waals surface area contributed by atoms with Crippen LogP contribution in [0.3, 0.4) is 0 Å². The van der Waals surface area contributed by atoms with Crippen molar-refractivity contribution in [3.05, 3.63) is 96.6 Å². The lowest BCUT2D eigenvalue weighted by atomic mass is 9.88. The van der Waals surface area contributed by atoms with Gasteiger partial charge in [0.25, 0.3) is 0 Å². The fourth-order valence-corrected chi connectivity index (χ4v) is 9.39. The molecule has 0 amide bonds. The molecule has 3 atom stereocenters. The standard InChI is InChI=1S/C35H48O4S/c1-5-37-32(27-38-31-19-15-18-30(24-31)26-36-25-29-16-9-6-10-17-29)28-39-40(35(2,3)4,33-20-11-7-12-21-33)34-22-13-8-14-23-34/h6-14,16-17,20-23,30-32H,5,15,18-19,24-28H2,1-4H3/t30-,31+,32?/m0/s1. The summed E-state index contributed by atoms with van der Waals surface area (Å²) in [5, 5.41) is 0. The minimum Gasteiger partial charge on any atom is -0.376 e. The Morgan fingerprint density at radius 3 is 1.98 bits per heavy atom. The van der Waals surface area contributed by atoms with Crippen LogP contribution in [0.25, 0.3) is 0 Å². The van der Waals surface area contributed by atoms with Crippen molar-refractivity contribution < 1.29 is 18.4 Å². The molecule has 0 aliphatic heterocycles. The molecule has 3 aromatic rings. The van der Waals surface area contributed by atoms with Gasteiger partial charge in [0.15, 0.2) is 0 Å². The SMILES string of the molecule is CCOC(CO[C@@H]1CCC[C@H](COCc2ccccc2)C1)COS(c1ccccc1)(c1ccccc1)C(C)(C)C. The number of hydrogen-bond donors (Lipinski definition) is 0. The van der Waals surface area contributed by atoms with E-state index in [2.05, 4.69) is 106 Å². The number of benzene rings is 3. The lowest BCUT2D eigenvalue weighted by molar-refractivity contribution is -0.0730. The van der Waals surface area contributed by atoms with E-state index in [0.29, 0.717) is 32.3 Å². The number of rotatable bonds is 14. The molecular weight excluding hydrogens is 516 g/mol. The molecule has 40 heavy (non-hydrogen) atoms. The lowest BCUT2D eigenvalue weighted by Gasteiger charge is -2.50. The summed E-state index contributed by atoms with van der Waals surface area (Å²) in [4.78, 5) is 2.46. The number of hydrogen-bond acceptors (Lipinski definition) is 4. The van der Waals surface area contributed by atoms with Crippen LogP contribution in [-0.4, -0.2) is 43.4 Å². The van der Waals surface area contributed by atoms with E-state index in [1.54, 1.807) is 0 Å². The van der Waals surface area contributed by atoms with E-state index in [1.165, 1.54) is 28.2 Å². The second-order valence-corrected chi connectivity index (χ2v) is 15.2. The molecule has 0 saturated heterocycles. The van der Waals surface area contributed by atoms with E-state index >= 15 is 0 Å². The fourth-order valence-electron chi connectivity index (χ4n) is 5.64. The summed E-state index contributed by atoms with van der Waals surface area (Å²) in [7, 11) is -1.82. The highest BCUT2D eigenvalue weighted by Crippen LogP contribution is 2.71. The van der Waals surface area contributed by atoms with Gasteiger partial charge in [0.2, 0.25) is 0 Å². The van der Waals surface area contributed by atoms with Crippen LogP contribution in [0.4, 0.5) is 0 Å². The molecule has 0 spiro atoms. The molecule has 1 aliphatic carbocycles. The minimum absolute atomic E-state index is 0.121. The van der Waals surface area contributed by atoms with Crippen LogP contribution in [0, 0.1) is 5.92 Å². The molecule has 4 nitrogen and oxygen atoms in total. The van der Waals surface area contributed by atoms with Crippen LogP contribution in [0.15, 0.2) is 101 Å². The van der Waals surface area contributed by atoms with Gasteiger partial charge in [0.1, 0.15) is 6.10 Å². The van der Waals surface area contributed by atoms with Crippen molar-refractivity contribution in [3.8, 4) is 0 Å². The quantitative estimate of drug-likeness (QED) is 0.196. The first-order valence-electron chi connectivity index (χ1n) is 14.8. The molecule has 1 aliphatic rings. The average Bonchev–Trinajstić information content (AvgIpc) is 2.97. The Labute approximate surface area is 243 Å². The molecule has 0 bridgehead atoms. The summed E-state index contributed by atoms with van der Waals surface area (Å²) in [5.74, 6) is 0.540. The zero-order chi connectivity index (χ0) is 28.3. The summed E-state index contributed by atoms with van der Waals surface area (Å²) in [6.07, 6.45) is 4.64. The van der Waals surface area contributed by atoms with E-state index in [4.69, 9.17) is 18.4 Å². The highest BCUT2D eigenvalue weighted by atomic mass is 32.3. The lowest BCUT2D eigenvalue weighted by Crippen LogP contribution is -2.34. The van der Waals surface area contributed by atoms with Crippen LogP contribution in [0.2, 0.25) is 0 Å². The van der Waals surface area contributed by atoms with E-state index in [0.717, 1.165) is 19.4 Å². The van der Waals surface area contributed by atoms with Crippen LogP contribution >= 0.6 is 10.3 Å². The largest absolute Gasteiger partial charge is 0.376 e. The highest BCUT2D eigenvalue weighted by Gasteiger charge is 2.42. The summed E-state index contributed by atoms with van der Waals surface area (Å²) < 4.78 is 25.7. The molecule has 218 valence electrons. The maximum Gasteiger partial charge on any atom is 0.105 e. The molecule has 0 N–H and O–H groups in total. The first-order valence-corrected chi connectivity index (χ1v) is 16.4. The van der Waals surface area contributed by atoms with Gasteiger partial charge in [0, 0.05) is 27.8 Å². The predicted molar refractivity (Wildman–Crippen MR) is 166 cm³/mol. The second kappa shape index (κ2) is 15.2. The Bertz CT molecular complexity index is 1060. The first-order chi connectivity index (χ1) is 19.4. The molecule has 5 heteroatoms. The van der Waals surface area contributed by atoms with E-state index < -0.39 is 10.3 Å². The zero-order valence-corrected chi connectivity index (χ0v) is 25.6. The second-order valence-electron chi connectivity index (χ2n) is 11.6. The van der Waals surface area contributed by atoms with Crippen molar-refractivity contribution in [2.24, 2.45) is 5.92 Å². The Morgan fingerprint density at radius 1 is 0.800 bits per heavy atom. The van der Waals surface area contributed by atoms with Gasteiger partial charge < -0.3 is 18.4 Å². The molecule has 1 saturated carbocycles. The van der Waals surface area contributed by atoms with Gasteiger partial charge in [0.05, 0.1) is 25.9 Å². The van der Waals surface area contributed by atoms with Gasteiger partial charge in [-0.3, -0.25) is 0 Å². The monoisotopic (exact) mass is 564 g/mol. The minimum atomic E-state index is -1.82. The van der Waals surface area contributed by atoms with Gasteiger partial charge in [-0.25, -0.2) is 0 Å². The maximum absolute atomic E-state index is 7.10. The fraction of sp³-hybridized carbons (Fsp3) is 0.486. The third-order valence-corrected chi connectivity index (χ3v) is 11.6. The Hall–Kier alpha value is -2.15. The van der Waals surface area contributed by atoms with Crippen molar-refractivity contribution in [2.75, 3.05) is 26.4 Å². The average molecular weight is 565 g/mol. The maximum atomic E-state index is 7.10. The highest BCUT2D eigenvalue weighted by molar-refractivity contribution is 8.31. The van der Waals surface area contributed by atoms with Crippen molar-refractivity contribution in [1.29, 1.82) is 0 Å². The first kappa shape index (κ1) is 30.8. The topological polar surface area (TPSA) is 36.9 Å². The predicted octanol–water partition coefficient (Wildman–Crippen LogP) is 8.84. The molecule has 0 radical (unpaired) electrons. The van der Waals surface area contributed by atoms with E-state index in [9.17, 15) is 0 Å². The van der Waals surface area contributed by atoms with Crippen molar-refractivity contribution in [3.63, 3.8) is 0 Å². The molecule has 4 rings (SSSR count). The smallest absolute Gasteiger partial charge is 0.105 e. The third kappa shape index (κ3) is 8.20. The molecular formula is C35H48O4S. The number of ether oxygens (including phenoxy) is 3. The van der Waals surface area contributed by atoms with Gasteiger partial charge in [-0.2, -0.15) is 0 Å². The summed E-state index contributed by atoms with van der Waals surface area (Å²) >= 11 is 0. The van der Waals surface area contributed by atoms with Crippen molar-refractivity contribution >= 4 is 10.3 Å². The molecule has 1 unspecified atom stereocenters. The van der Waals surface area contributed by atoms with Gasteiger partial charge in [-0.1, -0.05) is 83.5 Å². The van der Waals surface area contributed by atoms with Crippen LogP contribution < -0.4 is 0 Å². The van der Waals surface area contributed by atoms with Gasteiger partial charge in [-0.05, 0) is 82.7 Å². The van der Waals surface area contributed by atoms with Crippen molar-refractivity contribution in [2.45, 2.75) is 86.7 Å². The Morgan fingerprint density at radius 2 is 1.40 bits per heavy atom. The Balaban J connectivity index is 1.38. The summed E-state index contributed by atoms with van der Waals surface area (Å²) in [5.41, 5.74) is 1.23. The molecule has 0 heterocycles. The summed E-state index contributed by atoms with van der Waals surface area (Å²) in [6.45, 7) is 12.0. The normalized spacial score (nSPS) is 19.3. The van der Waals surface area contributed by atoms with Gasteiger partial charge in [-0.15, -0.1) is 0 Å². The third-order valence-electron chi connectivity index (χ3n) is 7.56. The van der Waals surface area contributed by atoms with E-state index in [-0.39, 0.29) is 17.0 Å². The van der Waals surface area contributed by atoms with Gasteiger partial charge >= 0.3 is 0 Å². The summed E-state index contributed by atoms with van der Waals surface area (Å²) in [6, 6.07) is 31.8. The van der Waals surface area contributed by atoms with Crippen molar-refractivity contribution in [1.82, 2.24) is 0 Å². The molecule has 1 fully saturated rings. The zero-order valence-electron chi connectivity index (χ0n) is 24.8. The van der Waals surface area contributed by atoms with Crippen LogP contribution in [-0.2, 0) is 25.0 Å².